The smallest absolute Gasteiger partial charge is 0.0467 e. The lowest BCUT2D eigenvalue weighted by Gasteiger charge is -2.25. The molecule has 1 aliphatic rings. The molecule has 1 heterocycles. The van der Waals surface area contributed by atoms with Crippen molar-refractivity contribution in [2.45, 2.75) is 41.0 Å². The maximum absolute atomic E-state index is 2.47. The van der Waals surface area contributed by atoms with E-state index in [1.807, 2.05) is 0 Å². The van der Waals surface area contributed by atoms with Gasteiger partial charge in [-0.05, 0) is 52.2 Å². The first-order valence-electron chi connectivity index (χ1n) is 6.02. The Bertz CT molecular complexity index is 431. The van der Waals surface area contributed by atoms with Gasteiger partial charge in [-0.25, -0.2) is 0 Å². The zero-order valence-corrected chi connectivity index (χ0v) is 11.0. The van der Waals surface area contributed by atoms with Crippen LogP contribution in [-0.4, -0.2) is 6.54 Å². The molecule has 0 aromatic heterocycles. The van der Waals surface area contributed by atoms with E-state index >= 15 is 0 Å². The number of allylic oxidation sites excluding steroid dienone is 1. The molecule has 1 aromatic rings. The molecule has 0 amide bonds. The molecule has 1 aliphatic heterocycles. The van der Waals surface area contributed by atoms with Crippen LogP contribution >= 0.6 is 0 Å². The van der Waals surface area contributed by atoms with Crippen LogP contribution < -0.4 is 4.90 Å². The van der Waals surface area contributed by atoms with E-state index in [0.717, 1.165) is 6.54 Å². The second kappa shape index (κ2) is 3.97. The van der Waals surface area contributed by atoms with E-state index in [0.29, 0.717) is 0 Å². The molecule has 0 atom stereocenters. The molecule has 0 unspecified atom stereocenters. The number of rotatable bonds is 1. The molecular weight excluding hydrogens is 194 g/mol. The van der Waals surface area contributed by atoms with Gasteiger partial charge in [0.25, 0.3) is 0 Å². The maximum Gasteiger partial charge on any atom is 0.0467 e. The van der Waals surface area contributed by atoms with E-state index in [2.05, 4.69) is 51.7 Å². The Morgan fingerprint density at radius 2 is 1.50 bits per heavy atom. The van der Waals surface area contributed by atoms with Gasteiger partial charge in [-0.3, -0.25) is 0 Å². The topological polar surface area (TPSA) is 3.24 Å². The van der Waals surface area contributed by atoms with Crippen LogP contribution in [0.15, 0.2) is 23.4 Å². The Kier molecular flexibility index (Phi) is 2.79. The number of aryl methyl sites for hydroxylation is 3. The molecule has 0 saturated heterocycles. The van der Waals surface area contributed by atoms with Gasteiger partial charge < -0.3 is 4.90 Å². The van der Waals surface area contributed by atoms with E-state index in [9.17, 15) is 0 Å². The zero-order chi connectivity index (χ0) is 11.9. The standard InChI is InChI=1S/C15H21N/c1-10-8-12(3)15(13(4)9-10)16-7-6-11(2)14(16)5/h8-9H,6-7H2,1-5H3. The molecular formula is C15H21N. The minimum absolute atomic E-state index is 1.14. The van der Waals surface area contributed by atoms with Crippen molar-refractivity contribution in [1.82, 2.24) is 0 Å². The highest BCUT2D eigenvalue weighted by Crippen LogP contribution is 2.33. The van der Waals surface area contributed by atoms with Crippen molar-refractivity contribution in [3.63, 3.8) is 0 Å². The van der Waals surface area contributed by atoms with Gasteiger partial charge in [0, 0.05) is 17.9 Å². The fraction of sp³-hybridized carbons (Fsp3) is 0.467. The minimum Gasteiger partial charge on any atom is -0.345 e. The van der Waals surface area contributed by atoms with E-state index in [-0.39, 0.29) is 0 Å². The Hall–Kier alpha value is -1.24. The molecule has 0 saturated carbocycles. The maximum atomic E-state index is 2.47. The van der Waals surface area contributed by atoms with Gasteiger partial charge in [0.05, 0.1) is 0 Å². The predicted octanol–water partition coefficient (Wildman–Crippen LogP) is 4.12. The molecule has 1 heteroatoms. The van der Waals surface area contributed by atoms with Crippen molar-refractivity contribution in [3.05, 3.63) is 40.1 Å². The quantitative estimate of drug-likeness (QED) is 0.681. The molecule has 1 nitrogen and oxygen atoms in total. The third-order valence-corrected chi connectivity index (χ3v) is 3.64. The second-order valence-corrected chi connectivity index (χ2v) is 5.01. The fourth-order valence-corrected chi connectivity index (χ4v) is 2.74. The minimum atomic E-state index is 1.14. The van der Waals surface area contributed by atoms with Gasteiger partial charge in [-0.1, -0.05) is 23.3 Å². The van der Waals surface area contributed by atoms with Gasteiger partial charge in [-0.2, -0.15) is 0 Å². The summed E-state index contributed by atoms with van der Waals surface area (Å²) in [5.74, 6) is 0. The summed E-state index contributed by atoms with van der Waals surface area (Å²) < 4.78 is 0. The fourth-order valence-electron chi connectivity index (χ4n) is 2.74. The molecule has 0 fully saturated rings. The third-order valence-electron chi connectivity index (χ3n) is 3.64. The lowest BCUT2D eigenvalue weighted by atomic mass is 10.0. The molecule has 16 heavy (non-hydrogen) atoms. The lowest BCUT2D eigenvalue weighted by molar-refractivity contribution is 0.946. The summed E-state index contributed by atoms with van der Waals surface area (Å²) in [7, 11) is 0. The van der Waals surface area contributed by atoms with Crippen LogP contribution in [0.5, 0.6) is 0 Å². The first-order valence-corrected chi connectivity index (χ1v) is 6.02. The van der Waals surface area contributed by atoms with E-state index in [1.54, 1.807) is 0 Å². The molecule has 2 rings (SSSR count). The predicted molar refractivity (Wildman–Crippen MR) is 71.0 cm³/mol. The Labute approximate surface area is 98.8 Å². The average Bonchev–Trinajstić information content (AvgIpc) is 2.48. The number of hydrogen-bond donors (Lipinski definition) is 0. The zero-order valence-electron chi connectivity index (χ0n) is 11.0. The summed E-state index contributed by atoms with van der Waals surface area (Å²) in [5, 5.41) is 0. The van der Waals surface area contributed by atoms with Crippen LogP contribution in [0.1, 0.15) is 37.0 Å². The summed E-state index contributed by atoms with van der Waals surface area (Å²) >= 11 is 0. The van der Waals surface area contributed by atoms with Crippen LogP contribution in [0.4, 0.5) is 5.69 Å². The van der Waals surface area contributed by atoms with Crippen LogP contribution in [0.2, 0.25) is 0 Å². The highest BCUT2D eigenvalue weighted by atomic mass is 15.2. The largest absolute Gasteiger partial charge is 0.345 e. The van der Waals surface area contributed by atoms with E-state index in [1.165, 1.54) is 40.1 Å². The number of hydrogen-bond acceptors (Lipinski definition) is 1. The molecule has 0 bridgehead atoms. The number of benzene rings is 1. The van der Waals surface area contributed by atoms with Crippen molar-refractivity contribution < 1.29 is 0 Å². The van der Waals surface area contributed by atoms with Crippen LogP contribution in [-0.2, 0) is 0 Å². The monoisotopic (exact) mass is 215 g/mol. The van der Waals surface area contributed by atoms with Crippen molar-refractivity contribution in [1.29, 1.82) is 0 Å². The van der Waals surface area contributed by atoms with Crippen molar-refractivity contribution in [3.8, 4) is 0 Å². The Balaban J connectivity index is 2.50. The molecule has 86 valence electrons. The van der Waals surface area contributed by atoms with Crippen molar-refractivity contribution >= 4 is 5.69 Å². The normalized spacial score (nSPS) is 16.2. The van der Waals surface area contributed by atoms with Gasteiger partial charge >= 0.3 is 0 Å². The Morgan fingerprint density at radius 1 is 0.938 bits per heavy atom. The number of anilines is 1. The summed E-state index contributed by atoms with van der Waals surface area (Å²) in [6.45, 7) is 12.2. The highest BCUT2D eigenvalue weighted by molar-refractivity contribution is 5.65. The van der Waals surface area contributed by atoms with Crippen molar-refractivity contribution in [2.75, 3.05) is 11.4 Å². The van der Waals surface area contributed by atoms with Gasteiger partial charge in [0.15, 0.2) is 0 Å². The summed E-state index contributed by atoms with van der Waals surface area (Å²) in [4.78, 5) is 2.47. The van der Waals surface area contributed by atoms with Crippen LogP contribution in [0.25, 0.3) is 0 Å². The molecule has 0 radical (unpaired) electrons. The van der Waals surface area contributed by atoms with Crippen LogP contribution in [0, 0.1) is 20.8 Å². The summed E-state index contributed by atoms with van der Waals surface area (Å²) in [6.07, 6.45) is 1.21. The highest BCUT2D eigenvalue weighted by Gasteiger charge is 2.20. The third kappa shape index (κ3) is 1.75. The van der Waals surface area contributed by atoms with E-state index < -0.39 is 0 Å². The Morgan fingerprint density at radius 3 is 1.94 bits per heavy atom. The van der Waals surface area contributed by atoms with E-state index in [4.69, 9.17) is 0 Å². The SMILES string of the molecule is CC1=C(C)N(c2c(C)cc(C)cc2C)CC1. The summed E-state index contributed by atoms with van der Waals surface area (Å²) in [6, 6.07) is 4.56. The van der Waals surface area contributed by atoms with Gasteiger partial charge in [0.2, 0.25) is 0 Å². The molecule has 0 N–H and O–H groups in total. The van der Waals surface area contributed by atoms with Gasteiger partial charge in [-0.15, -0.1) is 0 Å². The second-order valence-electron chi connectivity index (χ2n) is 5.01. The first-order chi connectivity index (χ1) is 7.50. The summed E-state index contributed by atoms with van der Waals surface area (Å²) in [5.41, 5.74) is 8.53. The average molecular weight is 215 g/mol. The van der Waals surface area contributed by atoms with Gasteiger partial charge in [0.1, 0.15) is 0 Å². The van der Waals surface area contributed by atoms with Crippen molar-refractivity contribution in [2.24, 2.45) is 0 Å². The van der Waals surface area contributed by atoms with Crippen LogP contribution in [0.3, 0.4) is 0 Å². The molecule has 1 aromatic carbocycles. The molecule has 0 spiro atoms. The lowest BCUT2D eigenvalue weighted by Crippen LogP contribution is -2.19. The first kappa shape index (κ1) is 11.3. The molecule has 0 aliphatic carbocycles. The number of nitrogens with zero attached hydrogens (tertiary/aromatic N) is 1.